The van der Waals surface area contributed by atoms with E-state index in [1.54, 1.807) is 11.3 Å². The van der Waals surface area contributed by atoms with Crippen LogP contribution in [0.2, 0.25) is 0 Å². The Morgan fingerprint density at radius 1 is 1.27 bits per heavy atom. The number of nitrogens with zero attached hydrogens (tertiary/aromatic N) is 1. The first-order valence-corrected chi connectivity index (χ1v) is 6.19. The average Bonchev–Trinajstić information content (AvgIpc) is 2.82. The maximum absolute atomic E-state index is 4.30. The third kappa shape index (κ3) is 2.26. The molecule has 0 aliphatic heterocycles. The van der Waals surface area contributed by atoms with E-state index in [0.29, 0.717) is 5.92 Å². The molecule has 0 saturated heterocycles. The zero-order valence-corrected chi connectivity index (χ0v) is 9.92. The number of benzene rings is 1. The molecule has 0 fully saturated rings. The highest BCUT2D eigenvalue weighted by molar-refractivity contribution is 7.13. The Kier molecular flexibility index (Phi) is 3.17. The van der Waals surface area contributed by atoms with Crippen molar-refractivity contribution in [3.05, 3.63) is 41.4 Å². The van der Waals surface area contributed by atoms with Crippen LogP contribution in [0.4, 0.5) is 0 Å². The van der Waals surface area contributed by atoms with Gasteiger partial charge < -0.3 is 0 Å². The molecule has 0 aliphatic carbocycles. The molecule has 1 heterocycles. The molecule has 1 nitrogen and oxygen atoms in total. The second kappa shape index (κ2) is 4.58. The van der Waals surface area contributed by atoms with Crippen molar-refractivity contribution in [2.75, 3.05) is 0 Å². The van der Waals surface area contributed by atoms with Crippen molar-refractivity contribution in [1.29, 1.82) is 0 Å². The minimum absolute atomic E-state index is 0.648. The summed E-state index contributed by atoms with van der Waals surface area (Å²) in [6.45, 7) is 4.48. The molecule has 2 aromatic rings. The molecule has 1 aromatic carbocycles. The topological polar surface area (TPSA) is 12.9 Å². The SMILES string of the molecule is CCC(C)c1ccc(-c2nccs2)cc1. The molecule has 2 rings (SSSR count). The van der Waals surface area contributed by atoms with Crippen molar-refractivity contribution in [3.63, 3.8) is 0 Å². The Hall–Kier alpha value is -1.15. The van der Waals surface area contributed by atoms with Crippen LogP contribution in [0.1, 0.15) is 31.7 Å². The molecule has 1 aromatic heterocycles. The van der Waals surface area contributed by atoms with Gasteiger partial charge in [0, 0.05) is 17.1 Å². The highest BCUT2D eigenvalue weighted by atomic mass is 32.1. The van der Waals surface area contributed by atoms with Gasteiger partial charge in [-0.2, -0.15) is 0 Å². The van der Waals surface area contributed by atoms with Crippen LogP contribution < -0.4 is 0 Å². The third-order valence-electron chi connectivity index (χ3n) is 2.77. The molecular formula is C13H15NS. The van der Waals surface area contributed by atoms with E-state index in [2.05, 4.69) is 43.1 Å². The largest absolute Gasteiger partial charge is 0.245 e. The van der Waals surface area contributed by atoms with Crippen molar-refractivity contribution in [1.82, 2.24) is 4.98 Å². The van der Waals surface area contributed by atoms with Crippen molar-refractivity contribution in [2.45, 2.75) is 26.2 Å². The van der Waals surface area contributed by atoms with Gasteiger partial charge in [0.25, 0.3) is 0 Å². The summed E-state index contributed by atoms with van der Waals surface area (Å²) in [7, 11) is 0. The fraction of sp³-hybridized carbons (Fsp3) is 0.308. The van der Waals surface area contributed by atoms with Gasteiger partial charge in [-0.15, -0.1) is 11.3 Å². The molecule has 78 valence electrons. The zero-order chi connectivity index (χ0) is 10.7. The third-order valence-corrected chi connectivity index (χ3v) is 3.59. The van der Waals surface area contributed by atoms with Gasteiger partial charge in [0.05, 0.1) is 0 Å². The Balaban J connectivity index is 2.25. The summed E-state index contributed by atoms with van der Waals surface area (Å²) in [4.78, 5) is 4.30. The standard InChI is InChI=1S/C13H15NS/c1-3-10(2)11-4-6-12(7-5-11)13-14-8-9-15-13/h4-10H,3H2,1-2H3. The predicted molar refractivity (Wildman–Crippen MR) is 66.3 cm³/mol. The summed E-state index contributed by atoms with van der Waals surface area (Å²) < 4.78 is 0. The molecule has 0 radical (unpaired) electrons. The number of aromatic nitrogens is 1. The van der Waals surface area contributed by atoms with E-state index in [-0.39, 0.29) is 0 Å². The molecule has 1 atom stereocenters. The lowest BCUT2D eigenvalue weighted by Gasteiger charge is -2.08. The van der Waals surface area contributed by atoms with Gasteiger partial charge in [-0.1, -0.05) is 38.1 Å². The van der Waals surface area contributed by atoms with Gasteiger partial charge in [0.2, 0.25) is 0 Å². The van der Waals surface area contributed by atoms with Gasteiger partial charge in [0.1, 0.15) is 5.01 Å². The van der Waals surface area contributed by atoms with Crippen LogP contribution in [0.3, 0.4) is 0 Å². The molecule has 0 saturated carbocycles. The molecule has 0 spiro atoms. The van der Waals surface area contributed by atoms with Crippen LogP contribution in [0.5, 0.6) is 0 Å². The smallest absolute Gasteiger partial charge is 0.123 e. The van der Waals surface area contributed by atoms with E-state index >= 15 is 0 Å². The molecular weight excluding hydrogens is 202 g/mol. The fourth-order valence-electron chi connectivity index (χ4n) is 1.56. The van der Waals surface area contributed by atoms with Crippen LogP contribution >= 0.6 is 11.3 Å². The Labute approximate surface area is 94.8 Å². The first-order chi connectivity index (χ1) is 7.31. The number of rotatable bonds is 3. The van der Waals surface area contributed by atoms with Crippen LogP contribution in [0.15, 0.2) is 35.8 Å². The van der Waals surface area contributed by atoms with E-state index in [1.165, 1.54) is 17.5 Å². The second-order valence-corrected chi connectivity index (χ2v) is 4.66. The van der Waals surface area contributed by atoms with Gasteiger partial charge in [0.15, 0.2) is 0 Å². The fourth-order valence-corrected chi connectivity index (χ4v) is 2.20. The summed E-state index contributed by atoms with van der Waals surface area (Å²) in [5.41, 5.74) is 2.63. The molecule has 15 heavy (non-hydrogen) atoms. The normalized spacial score (nSPS) is 12.7. The average molecular weight is 217 g/mol. The van der Waals surface area contributed by atoms with Crippen molar-refractivity contribution >= 4 is 11.3 Å². The summed E-state index contributed by atoms with van der Waals surface area (Å²) >= 11 is 1.68. The molecule has 0 aliphatic rings. The van der Waals surface area contributed by atoms with E-state index in [4.69, 9.17) is 0 Å². The highest BCUT2D eigenvalue weighted by Gasteiger charge is 2.04. The van der Waals surface area contributed by atoms with Crippen LogP contribution in [0, 0.1) is 0 Å². The Morgan fingerprint density at radius 3 is 2.53 bits per heavy atom. The second-order valence-electron chi connectivity index (χ2n) is 3.77. The monoisotopic (exact) mass is 217 g/mol. The Morgan fingerprint density at radius 2 is 2.00 bits per heavy atom. The van der Waals surface area contributed by atoms with E-state index in [9.17, 15) is 0 Å². The maximum Gasteiger partial charge on any atom is 0.123 e. The molecule has 1 unspecified atom stereocenters. The lowest BCUT2D eigenvalue weighted by molar-refractivity contribution is 0.734. The lowest BCUT2D eigenvalue weighted by Crippen LogP contribution is -1.90. The van der Waals surface area contributed by atoms with Gasteiger partial charge in [-0.25, -0.2) is 4.98 Å². The van der Waals surface area contributed by atoms with Gasteiger partial charge in [-0.3, -0.25) is 0 Å². The number of hydrogen-bond donors (Lipinski definition) is 0. The summed E-state index contributed by atoms with van der Waals surface area (Å²) in [6, 6.07) is 8.76. The molecule has 0 N–H and O–H groups in total. The van der Waals surface area contributed by atoms with E-state index < -0.39 is 0 Å². The van der Waals surface area contributed by atoms with Gasteiger partial charge in [-0.05, 0) is 17.9 Å². The quantitative estimate of drug-likeness (QED) is 0.746. The maximum atomic E-state index is 4.30. The van der Waals surface area contributed by atoms with Crippen molar-refractivity contribution < 1.29 is 0 Å². The minimum atomic E-state index is 0.648. The summed E-state index contributed by atoms with van der Waals surface area (Å²) in [5, 5.41) is 3.11. The van der Waals surface area contributed by atoms with Gasteiger partial charge >= 0.3 is 0 Å². The van der Waals surface area contributed by atoms with E-state index in [0.717, 1.165) is 5.01 Å². The first-order valence-electron chi connectivity index (χ1n) is 5.31. The van der Waals surface area contributed by atoms with E-state index in [1.807, 2.05) is 11.6 Å². The minimum Gasteiger partial charge on any atom is -0.245 e. The van der Waals surface area contributed by atoms with Crippen LogP contribution in [-0.4, -0.2) is 4.98 Å². The molecule has 2 heteroatoms. The molecule has 0 bridgehead atoms. The highest BCUT2D eigenvalue weighted by Crippen LogP contribution is 2.25. The first kappa shape index (κ1) is 10.4. The number of thiazole rings is 1. The predicted octanol–water partition coefficient (Wildman–Crippen LogP) is 4.32. The number of hydrogen-bond acceptors (Lipinski definition) is 2. The molecule has 0 amide bonds. The summed E-state index contributed by atoms with van der Waals surface area (Å²) in [5.74, 6) is 0.648. The Bertz CT molecular complexity index is 403. The van der Waals surface area contributed by atoms with Crippen LogP contribution in [-0.2, 0) is 0 Å². The van der Waals surface area contributed by atoms with Crippen LogP contribution in [0.25, 0.3) is 10.6 Å². The summed E-state index contributed by atoms with van der Waals surface area (Å²) in [6.07, 6.45) is 3.04. The van der Waals surface area contributed by atoms with Crippen molar-refractivity contribution in [2.24, 2.45) is 0 Å². The lowest BCUT2D eigenvalue weighted by atomic mass is 9.98. The zero-order valence-electron chi connectivity index (χ0n) is 9.10. The van der Waals surface area contributed by atoms with Crippen molar-refractivity contribution in [3.8, 4) is 10.6 Å².